The van der Waals surface area contributed by atoms with E-state index < -0.39 is 11.2 Å². The third-order valence-corrected chi connectivity index (χ3v) is 5.89. The first-order chi connectivity index (χ1) is 15.8. The van der Waals surface area contributed by atoms with Gasteiger partial charge in [0.05, 0.1) is 10.8 Å². The van der Waals surface area contributed by atoms with Gasteiger partial charge in [-0.3, -0.25) is 9.59 Å². The molecule has 0 spiro atoms. The second kappa shape index (κ2) is 11.2. The van der Waals surface area contributed by atoms with Gasteiger partial charge in [0.15, 0.2) is 0 Å². The van der Waals surface area contributed by atoms with Gasteiger partial charge in [-0.1, -0.05) is 36.4 Å². The van der Waals surface area contributed by atoms with Crippen molar-refractivity contribution in [2.45, 2.75) is 24.0 Å². The van der Waals surface area contributed by atoms with Crippen molar-refractivity contribution in [2.75, 3.05) is 10.6 Å². The maximum atomic E-state index is 12.6. The molecule has 1 unspecified atom stereocenters. The number of carbonyl (C=O) groups excluding carboxylic acids is 2. The van der Waals surface area contributed by atoms with E-state index in [9.17, 15) is 14.4 Å². The van der Waals surface area contributed by atoms with E-state index in [-0.39, 0.29) is 17.4 Å². The number of hydrogen-bond donors (Lipinski definition) is 3. The molecular formula is C26H24N2O4S. The Bertz CT molecular complexity index is 1170. The molecule has 0 radical (unpaired) electrons. The van der Waals surface area contributed by atoms with E-state index in [2.05, 4.69) is 10.6 Å². The largest absolute Gasteiger partial charge is 0.478 e. The van der Waals surface area contributed by atoms with Crippen LogP contribution in [0.4, 0.5) is 11.4 Å². The van der Waals surface area contributed by atoms with Gasteiger partial charge in [-0.25, -0.2) is 4.79 Å². The van der Waals surface area contributed by atoms with Crippen LogP contribution in [-0.4, -0.2) is 28.1 Å². The fourth-order valence-corrected chi connectivity index (χ4v) is 3.79. The van der Waals surface area contributed by atoms with Crippen LogP contribution in [0.15, 0.2) is 83.8 Å². The van der Waals surface area contributed by atoms with Gasteiger partial charge < -0.3 is 15.7 Å². The summed E-state index contributed by atoms with van der Waals surface area (Å²) in [6.07, 6.45) is 3.22. The summed E-state index contributed by atoms with van der Waals surface area (Å²) in [5.74, 6) is -1.50. The van der Waals surface area contributed by atoms with Crippen molar-refractivity contribution in [1.82, 2.24) is 0 Å². The number of aryl methyl sites for hydroxylation is 1. The molecule has 0 aliphatic rings. The molecule has 0 heterocycles. The van der Waals surface area contributed by atoms with E-state index in [0.717, 1.165) is 16.0 Å². The lowest BCUT2D eigenvalue weighted by molar-refractivity contribution is -0.115. The molecule has 0 bridgehead atoms. The average molecular weight is 461 g/mol. The molecule has 3 rings (SSSR count). The van der Waals surface area contributed by atoms with Crippen molar-refractivity contribution in [3.63, 3.8) is 0 Å². The fraction of sp³-hybridized carbons (Fsp3) is 0.115. The van der Waals surface area contributed by atoms with Crippen LogP contribution >= 0.6 is 11.8 Å². The maximum absolute atomic E-state index is 12.6. The minimum Gasteiger partial charge on any atom is -0.478 e. The lowest BCUT2D eigenvalue weighted by atomic mass is 10.1. The number of carboxylic acid groups (broad SMARTS) is 1. The first-order valence-corrected chi connectivity index (χ1v) is 11.2. The molecule has 0 aliphatic heterocycles. The van der Waals surface area contributed by atoms with E-state index in [1.165, 1.54) is 30.0 Å². The molecule has 3 aromatic rings. The summed E-state index contributed by atoms with van der Waals surface area (Å²) >= 11 is 1.37. The topological polar surface area (TPSA) is 95.5 Å². The van der Waals surface area contributed by atoms with Crippen molar-refractivity contribution in [1.29, 1.82) is 0 Å². The number of rotatable bonds is 8. The lowest BCUT2D eigenvalue weighted by Gasteiger charge is -2.14. The Hall–Kier alpha value is -3.84. The quantitative estimate of drug-likeness (QED) is 0.306. The zero-order valence-electron chi connectivity index (χ0n) is 18.2. The van der Waals surface area contributed by atoms with Crippen LogP contribution in [-0.2, 0) is 9.59 Å². The Kier molecular flexibility index (Phi) is 8.05. The third-order valence-electron chi connectivity index (χ3n) is 4.77. The second-order valence-corrected chi connectivity index (χ2v) is 8.76. The van der Waals surface area contributed by atoms with E-state index in [1.807, 2.05) is 42.5 Å². The summed E-state index contributed by atoms with van der Waals surface area (Å²) in [5, 5.41) is 14.3. The highest BCUT2D eigenvalue weighted by Crippen LogP contribution is 2.26. The van der Waals surface area contributed by atoms with E-state index in [1.54, 1.807) is 38.1 Å². The summed E-state index contributed by atoms with van der Waals surface area (Å²) < 4.78 is 0. The van der Waals surface area contributed by atoms with Crippen molar-refractivity contribution in [3.05, 3.63) is 95.6 Å². The monoisotopic (exact) mass is 460 g/mol. The number of thioether (sulfide) groups is 1. The van der Waals surface area contributed by atoms with Crippen LogP contribution in [0.1, 0.15) is 28.4 Å². The number of hydrogen-bond acceptors (Lipinski definition) is 4. The summed E-state index contributed by atoms with van der Waals surface area (Å²) in [7, 11) is 0. The van der Waals surface area contributed by atoms with Crippen LogP contribution in [0.5, 0.6) is 0 Å². The maximum Gasteiger partial charge on any atom is 0.335 e. The van der Waals surface area contributed by atoms with Crippen LogP contribution in [0.2, 0.25) is 0 Å². The predicted octanol–water partition coefficient (Wildman–Crippen LogP) is 5.46. The van der Waals surface area contributed by atoms with Crippen molar-refractivity contribution < 1.29 is 19.5 Å². The molecule has 0 saturated heterocycles. The van der Waals surface area contributed by atoms with Crippen LogP contribution < -0.4 is 10.6 Å². The lowest BCUT2D eigenvalue weighted by Crippen LogP contribution is -2.23. The third kappa shape index (κ3) is 7.08. The second-order valence-electron chi connectivity index (χ2n) is 7.34. The van der Waals surface area contributed by atoms with Crippen LogP contribution in [0, 0.1) is 6.92 Å². The van der Waals surface area contributed by atoms with E-state index in [0.29, 0.717) is 11.4 Å². The van der Waals surface area contributed by atoms with Gasteiger partial charge in [-0.05, 0) is 67.4 Å². The highest BCUT2D eigenvalue weighted by Gasteiger charge is 2.16. The SMILES string of the molecule is Cc1ccc(C(=O)O)cc1NC(=O)C(C)Sc1ccc(NC(=O)/C=C/c2ccccc2)cc1. The molecule has 3 aromatic carbocycles. The van der Waals surface area contributed by atoms with Crippen LogP contribution in [0.3, 0.4) is 0 Å². The Morgan fingerprint density at radius 2 is 1.64 bits per heavy atom. The molecule has 0 aromatic heterocycles. The number of carboxylic acids is 1. The van der Waals surface area contributed by atoms with Crippen molar-refractivity contribution in [3.8, 4) is 0 Å². The van der Waals surface area contributed by atoms with E-state index in [4.69, 9.17) is 5.11 Å². The molecule has 1 atom stereocenters. The first kappa shape index (κ1) is 23.8. The first-order valence-electron chi connectivity index (χ1n) is 10.3. The van der Waals surface area contributed by atoms with E-state index >= 15 is 0 Å². The minimum atomic E-state index is -1.05. The smallest absolute Gasteiger partial charge is 0.335 e. The Morgan fingerprint density at radius 3 is 2.30 bits per heavy atom. The predicted molar refractivity (Wildman–Crippen MR) is 133 cm³/mol. The zero-order valence-corrected chi connectivity index (χ0v) is 19.1. The molecule has 2 amide bonds. The molecule has 0 aliphatic carbocycles. The van der Waals surface area contributed by atoms with Crippen molar-refractivity contribution >= 4 is 47.0 Å². The molecular weight excluding hydrogens is 436 g/mol. The Morgan fingerprint density at radius 1 is 0.939 bits per heavy atom. The highest BCUT2D eigenvalue weighted by molar-refractivity contribution is 8.00. The summed E-state index contributed by atoms with van der Waals surface area (Å²) in [6, 6.07) is 21.4. The molecule has 33 heavy (non-hydrogen) atoms. The van der Waals surface area contributed by atoms with Gasteiger partial charge in [-0.2, -0.15) is 0 Å². The summed E-state index contributed by atoms with van der Waals surface area (Å²) in [6.45, 7) is 3.58. The van der Waals surface area contributed by atoms with Gasteiger partial charge in [0.1, 0.15) is 0 Å². The standard InChI is InChI=1S/C26H24N2O4S/c1-17-8-10-20(26(31)32)16-23(17)28-25(30)18(2)33-22-13-11-21(12-14-22)27-24(29)15-9-19-6-4-3-5-7-19/h3-16,18H,1-2H3,(H,27,29)(H,28,30)(H,31,32)/b15-9+. The van der Waals surface area contributed by atoms with Crippen molar-refractivity contribution in [2.24, 2.45) is 0 Å². The highest BCUT2D eigenvalue weighted by atomic mass is 32.2. The zero-order chi connectivity index (χ0) is 23.8. The molecule has 6 nitrogen and oxygen atoms in total. The molecule has 0 fully saturated rings. The number of carbonyl (C=O) groups is 3. The van der Waals surface area contributed by atoms with Gasteiger partial charge in [0.2, 0.25) is 11.8 Å². The molecule has 7 heteroatoms. The number of aromatic carboxylic acids is 1. The normalized spacial score (nSPS) is 11.7. The Labute approximate surface area is 196 Å². The molecule has 0 saturated carbocycles. The van der Waals surface area contributed by atoms with Gasteiger partial charge in [-0.15, -0.1) is 11.8 Å². The average Bonchev–Trinajstić information content (AvgIpc) is 2.81. The van der Waals surface area contributed by atoms with Gasteiger partial charge >= 0.3 is 5.97 Å². The summed E-state index contributed by atoms with van der Waals surface area (Å²) in [5.41, 5.74) is 2.98. The number of anilines is 2. The molecule has 168 valence electrons. The number of benzene rings is 3. The van der Waals surface area contributed by atoms with Gasteiger partial charge in [0.25, 0.3) is 0 Å². The fourth-order valence-electron chi connectivity index (χ4n) is 2.92. The number of nitrogens with one attached hydrogen (secondary N) is 2. The van der Waals surface area contributed by atoms with Gasteiger partial charge in [0, 0.05) is 22.3 Å². The summed E-state index contributed by atoms with van der Waals surface area (Å²) in [4.78, 5) is 36.8. The number of amides is 2. The minimum absolute atomic E-state index is 0.118. The van der Waals surface area contributed by atoms with Crippen LogP contribution in [0.25, 0.3) is 6.08 Å². The Balaban J connectivity index is 1.55. The molecule has 3 N–H and O–H groups in total.